The zero-order chi connectivity index (χ0) is 34.1. The molecule has 260 valence electrons. The van der Waals surface area contributed by atoms with Crippen molar-refractivity contribution in [2.75, 3.05) is 24.5 Å². The van der Waals surface area contributed by atoms with E-state index in [9.17, 15) is 26.7 Å². The van der Waals surface area contributed by atoms with Gasteiger partial charge in [-0.2, -0.15) is 28.4 Å². The quantitative estimate of drug-likeness (QED) is 0.278. The molecule has 15 heteroatoms. The van der Waals surface area contributed by atoms with Crippen molar-refractivity contribution in [1.82, 2.24) is 40.0 Å². The molecule has 0 bridgehead atoms. The summed E-state index contributed by atoms with van der Waals surface area (Å²) in [5.74, 6) is -0.257. The van der Waals surface area contributed by atoms with Crippen LogP contribution in [-0.2, 0) is 11.3 Å². The van der Waals surface area contributed by atoms with Crippen LogP contribution in [0.4, 0.5) is 27.8 Å². The molecule has 1 aliphatic carbocycles. The number of rotatable bonds is 7. The number of hydrogen-bond acceptors (Lipinski definition) is 7. The number of aromatic nitrogens is 6. The van der Waals surface area contributed by atoms with Gasteiger partial charge in [0.1, 0.15) is 5.69 Å². The SMILES string of the molecule is C=C(NC(c1cn2nc(C)c(N3CCC(C)CC3)nc2n1)C1CCC(F)(F)CC1)c1ccnn1CC.FC(F)F.O=C1CCCCN1. The highest BCUT2D eigenvalue weighted by molar-refractivity contribution is 5.76. The van der Waals surface area contributed by atoms with E-state index in [4.69, 9.17) is 15.1 Å². The Labute approximate surface area is 272 Å². The molecular formula is C32H46F5N9O. The van der Waals surface area contributed by atoms with E-state index in [0.717, 1.165) is 80.6 Å². The van der Waals surface area contributed by atoms with Crippen LogP contribution in [0.3, 0.4) is 0 Å². The fraction of sp³-hybridized carbons (Fsp3) is 0.656. The van der Waals surface area contributed by atoms with E-state index in [2.05, 4.69) is 34.1 Å². The van der Waals surface area contributed by atoms with Crippen LogP contribution in [0, 0.1) is 18.8 Å². The molecule has 1 amide bonds. The minimum absolute atomic E-state index is 0.00608. The first-order valence-corrected chi connectivity index (χ1v) is 16.4. The van der Waals surface area contributed by atoms with E-state index in [-0.39, 0.29) is 30.7 Å². The maximum atomic E-state index is 14.0. The number of hydrogen-bond donors (Lipinski definition) is 2. The molecule has 3 fully saturated rings. The predicted molar refractivity (Wildman–Crippen MR) is 170 cm³/mol. The van der Waals surface area contributed by atoms with E-state index in [0.29, 0.717) is 30.9 Å². The molecule has 0 aromatic carbocycles. The Hall–Kier alpha value is -3.78. The molecule has 5 heterocycles. The summed E-state index contributed by atoms with van der Waals surface area (Å²) in [5.41, 5.74) is 3.19. The van der Waals surface area contributed by atoms with E-state index < -0.39 is 12.6 Å². The van der Waals surface area contributed by atoms with E-state index in [1.807, 2.05) is 30.8 Å². The second kappa shape index (κ2) is 16.4. The molecule has 3 aliphatic rings. The van der Waals surface area contributed by atoms with Crippen LogP contribution < -0.4 is 15.5 Å². The number of nitrogens with zero attached hydrogens (tertiary/aromatic N) is 7. The van der Waals surface area contributed by atoms with Gasteiger partial charge in [-0.1, -0.05) is 13.5 Å². The topological polar surface area (TPSA) is 105 Å². The lowest BCUT2D eigenvalue weighted by Crippen LogP contribution is -2.34. The fourth-order valence-corrected chi connectivity index (χ4v) is 6.24. The Morgan fingerprint density at radius 3 is 2.38 bits per heavy atom. The molecule has 1 saturated carbocycles. The molecule has 0 spiro atoms. The third-order valence-corrected chi connectivity index (χ3v) is 8.92. The van der Waals surface area contributed by atoms with Crippen molar-refractivity contribution in [3.8, 4) is 0 Å². The monoisotopic (exact) mass is 667 g/mol. The van der Waals surface area contributed by atoms with Gasteiger partial charge in [0, 0.05) is 51.6 Å². The van der Waals surface area contributed by atoms with Gasteiger partial charge in [-0.15, -0.1) is 0 Å². The largest absolute Gasteiger partial charge is 0.379 e. The lowest BCUT2D eigenvalue weighted by Gasteiger charge is -2.34. The maximum Gasteiger partial charge on any atom is 0.379 e. The lowest BCUT2D eigenvalue weighted by atomic mass is 9.81. The highest BCUT2D eigenvalue weighted by Crippen LogP contribution is 2.42. The number of anilines is 1. The molecule has 2 aliphatic heterocycles. The first-order valence-electron chi connectivity index (χ1n) is 16.4. The van der Waals surface area contributed by atoms with Gasteiger partial charge in [-0.25, -0.2) is 18.3 Å². The Morgan fingerprint density at radius 1 is 1.13 bits per heavy atom. The van der Waals surface area contributed by atoms with Crippen molar-refractivity contribution < 1.29 is 26.7 Å². The van der Waals surface area contributed by atoms with Gasteiger partial charge in [0.05, 0.1) is 29.3 Å². The minimum Gasteiger partial charge on any atom is -0.375 e. The fourth-order valence-electron chi connectivity index (χ4n) is 6.24. The van der Waals surface area contributed by atoms with Gasteiger partial charge < -0.3 is 15.5 Å². The number of carbonyl (C=O) groups excluding carboxylic acids is 1. The molecule has 2 saturated heterocycles. The highest BCUT2D eigenvalue weighted by Gasteiger charge is 2.39. The summed E-state index contributed by atoms with van der Waals surface area (Å²) in [6.45, 7) is 10.4. The van der Waals surface area contributed by atoms with Crippen LogP contribution in [0.15, 0.2) is 25.0 Å². The van der Waals surface area contributed by atoms with Crippen molar-refractivity contribution in [3.63, 3.8) is 0 Å². The van der Waals surface area contributed by atoms with Crippen molar-refractivity contribution in [3.05, 3.63) is 42.1 Å². The van der Waals surface area contributed by atoms with E-state index >= 15 is 0 Å². The summed E-state index contributed by atoms with van der Waals surface area (Å²) in [6.07, 6.45) is 9.47. The molecule has 0 radical (unpaired) electrons. The number of nitrogens with one attached hydrogen (secondary N) is 2. The number of amides is 1. The smallest absolute Gasteiger partial charge is 0.375 e. The summed E-state index contributed by atoms with van der Waals surface area (Å²) < 4.78 is 60.6. The molecule has 2 N–H and O–H groups in total. The maximum absolute atomic E-state index is 14.0. The number of alkyl halides is 5. The summed E-state index contributed by atoms with van der Waals surface area (Å²) in [4.78, 5) is 22.4. The summed E-state index contributed by atoms with van der Waals surface area (Å²) in [7, 11) is 0. The van der Waals surface area contributed by atoms with Gasteiger partial charge in [-0.3, -0.25) is 9.48 Å². The molecule has 1 unspecified atom stereocenters. The molecular weight excluding hydrogens is 621 g/mol. The Balaban J connectivity index is 0.000000388. The van der Waals surface area contributed by atoms with Gasteiger partial charge in [0.25, 0.3) is 5.78 Å². The van der Waals surface area contributed by atoms with Crippen molar-refractivity contribution in [2.24, 2.45) is 11.8 Å². The third-order valence-electron chi connectivity index (χ3n) is 8.92. The van der Waals surface area contributed by atoms with Crippen LogP contribution in [-0.4, -0.2) is 67.5 Å². The Kier molecular flexibility index (Phi) is 12.6. The lowest BCUT2D eigenvalue weighted by molar-refractivity contribution is -0.122. The standard InChI is InChI=1S/C26H36F2N8.C5H9NO.CHF3/c1-5-35-22(8-13-29-35)18(3)30-23(20-6-11-26(27,28)12-7-20)21-16-36-25(31-21)32-24(19(4)33-36)34-14-9-17(2)10-15-34;7-5-3-1-2-4-6-5;2-1(3)4/h8,13,16-17,20,23,30H,3,5-7,9-12,14-15H2,1-2,4H3;1-4H2,(H,6,7);1H. The van der Waals surface area contributed by atoms with Crippen molar-refractivity contribution >= 4 is 23.2 Å². The Bertz CT molecular complexity index is 1450. The summed E-state index contributed by atoms with van der Waals surface area (Å²) in [5, 5.41) is 15.4. The number of piperidine rings is 2. The van der Waals surface area contributed by atoms with Crippen LogP contribution in [0.2, 0.25) is 0 Å². The molecule has 6 rings (SSSR count). The average molecular weight is 668 g/mol. The minimum atomic E-state index is -3.67. The molecule has 1 atom stereocenters. The van der Waals surface area contributed by atoms with Gasteiger partial charge in [0.15, 0.2) is 5.82 Å². The molecule has 3 aromatic rings. The average Bonchev–Trinajstić information content (AvgIpc) is 3.67. The number of halogens is 5. The third kappa shape index (κ3) is 10.1. The van der Waals surface area contributed by atoms with Gasteiger partial charge in [0.2, 0.25) is 11.8 Å². The second-order valence-corrected chi connectivity index (χ2v) is 12.5. The van der Waals surface area contributed by atoms with Crippen LogP contribution in [0.1, 0.15) is 94.8 Å². The second-order valence-electron chi connectivity index (χ2n) is 12.5. The van der Waals surface area contributed by atoms with Gasteiger partial charge >= 0.3 is 6.68 Å². The van der Waals surface area contributed by atoms with E-state index in [1.165, 1.54) is 0 Å². The first-order chi connectivity index (χ1) is 22.4. The molecule has 47 heavy (non-hydrogen) atoms. The van der Waals surface area contributed by atoms with Crippen molar-refractivity contribution in [1.29, 1.82) is 0 Å². The zero-order valence-electron chi connectivity index (χ0n) is 27.4. The summed E-state index contributed by atoms with van der Waals surface area (Å²) in [6, 6.07) is 1.63. The molecule has 10 nitrogen and oxygen atoms in total. The normalized spacial score (nSPS) is 19.3. The number of carbonyl (C=O) groups is 1. The number of aryl methyl sites for hydroxylation is 2. The van der Waals surface area contributed by atoms with Crippen LogP contribution in [0.25, 0.3) is 11.5 Å². The van der Waals surface area contributed by atoms with E-state index in [1.54, 1.807) is 10.7 Å². The Morgan fingerprint density at radius 2 is 1.81 bits per heavy atom. The molecule has 3 aromatic heterocycles. The number of fused-ring (bicyclic) bond motifs is 1. The van der Waals surface area contributed by atoms with Gasteiger partial charge in [-0.05, 0) is 70.3 Å². The summed E-state index contributed by atoms with van der Waals surface area (Å²) >= 11 is 0. The first kappa shape index (κ1) is 36.1. The van der Waals surface area contributed by atoms with Crippen LogP contribution in [0.5, 0.6) is 0 Å². The number of imidazole rings is 1. The highest BCUT2D eigenvalue weighted by atomic mass is 19.4. The van der Waals surface area contributed by atoms with Crippen molar-refractivity contribution in [2.45, 2.75) is 104 Å². The van der Waals surface area contributed by atoms with Crippen LogP contribution >= 0.6 is 0 Å². The predicted octanol–water partition coefficient (Wildman–Crippen LogP) is 6.48. The zero-order valence-corrected chi connectivity index (χ0v) is 27.4.